The maximum Gasteiger partial charge on any atom is 0.319 e. The Kier molecular flexibility index (Phi) is 5.90. The van der Waals surface area contributed by atoms with Crippen LogP contribution in [0.15, 0.2) is 18.2 Å². The molecule has 3 rings (SSSR count). The Hall–Kier alpha value is -1.96. The fourth-order valence-electron chi connectivity index (χ4n) is 3.62. The van der Waals surface area contributed by atoms with Crippen molar-refractivity contribution >= 4 is 27.4 Å². The van der Waals surface area contributed by atoms with Crippen molar-refractivity contribution < 1.29 is 17.9 Å². The van der Waals surface area contributed by atoms with Crippen LogP contribution < -0.4 is 19.7 Å². The van der Waals surface area contributed by atoms with Gasteiger partial charge in [-0.2, -0.15) is 0 Å². The second-order valence-electron chi connectivity index (χ2n) is 6.92. The minimum absolute atomic E-state index is 0.153. The average Bonchev–Trinajstić information content (AvgIpc) is 2.62. The number of ether oxygens (including phenoxy) is 1. The first kappa shape index (κ1) is 18.8. The second kappa shape index (κ2) is 8.16. The van der Waals surface area contributed by atoms with E-state index in [0.717, 1.165) is 32.1 Å². The molecule has 8 heteroatoms. The van der Waals surface area contributed by atoms with Gasteiger partial charge in [0, 0.05) is 24.3 Å². The predicted octanol–water partition coefficient (Wildman–Crippen LogP) is 3.08. The molecule has 1 aromatic carbocycles. The van der Waals surface area contributed by atoms with Gasteiger partial charge < -0.3 is 15.4 Å². The van der Waals surface area contributed by atoms with E-state index < -0.39 is 10.0 Å². The zero-order valence-corrected chi connectivity index (χ0v) is 16.0. The number of sulfonamides is 1. The van der Waals surface area contributed by atoms with E-state index in [0.29, 0.717) is 30.1 Å². The molecule has 1 aliphatic carbocycles. The molecule has 0 aromatic heterocycles. The average molecular weight is 381 g/mol. The van der Waals surface area contributed by atoms with Crippen molar-refractivity contribution in [2.24, 2.45) is 0 Å². The second-order valence-corrected chi connectivity index (χ2v) is 8.93. The van der Waals surface area contributed by atoms with Gasteiger partial charge in [-0.3, -0.25) is 4.31 Å². The van der Waals surface area contributed by atoms with Gasteiger partial charge in [0.2, 0.25) is 10.0 Å². The van der Waals surface area contributed by atoms with Crippen LogP contribution in [0.5, 0.6) is 5.75 Å². The van der Waals surface area contributed by atoms with Crippen LogP contribution in [-0.4, -0.2) is 39.9 Å². The molecular formula is C18H27N3O4S. The molecule has 26 heavy (non-hydrogen) atoms. The summed E-state index contributed by atoms with van der Waals surface area (Å²) < 4.78 is 31.4. The number of rotatable bonds is 4. The van der Waals surface area contributed by atoms with E-state index in [1.807, 2.05) is 0 Å². The summed E-state index contributed by atoms with van der Waals surface area (Å²) in [6, 6.07) is 5.06. The summed E-state index contributed by atoms with van der Waals surface area (Å²) in [4.78, 5) is 12.2. The highest BCUT2D eigenvalue weighted by molar-refractivity contribution is 7.92. The molecule has 1 saturated carbocycles. The largest absolute Gasteiger partial charge is 0.494 e. The Bertz CT molecular complexity index is 745. The van der Waals surface area contributed by atoms with Gasteiger partial charge in [0.05, 0.1) is 18.6 Å². The zero-order valence-electron chi connectivity index (χ0n) is 15.2. The van der Waals surface area contributed by atoms with Crippen molar-refractivity contribution in [3.63, 3.8) is 0 Å². The maximum atomic E-state index is 12.3. The summed E-state index contributed by atoms with van der Waals surface area (Å²) in [7, 11) is -1.81. The minimum atomic E-state index is -3.31. The van der Waals surface area contributed by atoms with Crippen molar-refractivity contribution in [2.75, 3.05) is 29.0 Å². The number of carbonyl (C=O) groups excluding carboxylic acids is 1. The fraction of sp³-hybridized carbons (Fsp3) is 0.611. The monoisotopic (exact) mass is 381 g/mol. The molecular weight excluding hydrogens is 354 g/mol. The summed E-state index contributed by atoms with van der Waals surface area (Å²) in [6.45, 7) is 0.452. The Balaban J connectivity index is 1.71. The van der Waals surface area contributed by atoms with Crippen molar-refractivity contribution in [1.82, 2.24) is 5.32 Å². The number of nitrogens with one attached hydrogen (secondary N) is 2. The summed E-state index contributed by atoms with van der Waals surface area (Å²) in [5, 5.41) is 5.82. The molecule has 2 amide bonds. The van der Waals surface area contributed by atoms with E-state index in [1.54, 1.807) is 18.2 Å². The lowest BCUT2D eigenvalue weighted by Crippen LogP contribution is -2.39. The molecule has 1 aliphatic heterocycles. The lowest BCUT2D eigenvalue weighted by Gasteiger charge is -2.29. The minimum Gasteiger partial charge on any atom is -0.494 e. The number of anilines is 2. The number of methoxy groups -OCH3 is 1. The van der Waals surface area contributed by atoms with Crippen LogP contribution in [0.3, 0.4) is 0 Å². The molecule has 0 atom stereocenters. The number of hydrogen-bond acceptors (Lipinski definition) is 4. The highest BCUT2D eigenvalue weighted by Crippen LogP contribution is 2.34. The third-order valence-corrected chi connectivity index (χ3v) is 6.85. The number of carbonyl (C=O) groups is 1. The Morgan fingerprint density at radius 3 is 2.62 bits per heavy atom. The third-order valence-electron chi connectivity index (χ3n) is 5.00. The smallest absolute Gasteiger partial charge is 0.319 e. The molecule has 2 N–H and O–H groups in total. The predicted molar refractivity (Wildman–Crippen MR) is 102 cm³/mol. The summed E-state index contributed by atoms with van der Waals surface area (Å²) in [5.74, 6) is 0.589. The van der Waals surface area contributed by atoms with Gasteiger partial charge in [0.1, 0.15) is 5.75 Å². The first-order valence-corrected chi connectivity index (χ1v) is 10.9. The van der Waals surface area contributed by atoms with Crippen LogP contribution in [0, 0.1) is 0 Å². The molecule has 2 fully saturated rings. The molecule has 2 aliphatic rings. The summed E-state index contributed by atoms with van der Waals surface area (Å²) >= 11 is 0. The third kappa shape index (κ3) is 4.41. The van der Waals surface area contributed by atoms with Gasteiger partial charge in [-0.1, -0.05) is 19.3 Å². The molecule has 1 saturated heterocycles. The normalized spacial score (nSPS) is 20.4. The number of benzene rings is 1. The van der Waals surface area contributed by atoms with Gasteiger partial charge in [0.15, 0.2) is 0 Å². The maximum absolute atomic E-state index is 12.3. The molecule has 1 heterocycles. The van der Waals surface area contributed by atoms with E-state index in [1.165, 1.54) is 17.8 Å². The SMILES string of the molecule is COc1cc(NC(=O)NC2CCCCC2)ccc1N1CCCCS1(=O)=O. The van der Waals surface area contributed by atoms with Crippen molar-refractivity contribution in [2.45, 2.75) is 51.0 Å². The number of amides is 2. The molecule has 0 bridgehead atoms. The van der Waals surface area contributed by atoms with E-state index in [9.17, 15) is 13.2 Å². The van der Waals surface area contributed by atoms with Crippen LogP contribution in [0.25, 0.3) is 0 Å². The molecule has 0 spiro atoms. The number of nitrogens with zero attached hydrogens (tertiary/aromatic N) is 1. The standard InChI is InChI=1S/C18H27N3O4S/c1-25-17-13-15(20-18(22)19-14-7-3-2-4-8-14)9-10-16(17)21-11-5-6-12-26(21,23)24/h9-10,13-14H,2-8,11-12H2,1H3,(H2,19,20,22). The zero-order chi connectivity index (χ0) is 18.6. The van der Waals surface area contributed by atoms with Crippen LogP contribution >= 0.6 is 0 Å². The quantitative estimate of drug-likeness (QED) is 0.839. The van der Waals surface area contributed by atoms with E-state index in [2.05, 4.69) is 10.6 Å². The van der Waals surface area contributed by atoms with Gasteiger partial charge in [-0.05, 0) is 37.8 Å². The topological polar surface area (TPSA) is 87.7 Å². The van der Waals surface area contributed by atoms with Gasteiger partial charge >= 0.3 is 6.03 Å². The lowest BCUT2D eigenvalue weighted by atomic mass is 9.96. The van der Waals surface area contributed by atoms with Crippen molar-refractivity contribution in [3.05, 3.63) is 18.2 Å². The highest BCUT2D eigenvalue weighted by atomic mass is 32.2. The van der Waals surface area contributed by atoms with Gasteiger partial charge in [-0.15, -0.1) is 0 Å². The number of hydrogen-bond donors (Lipinski definition) is 2. The van der Waals surface area contributed by atoms with E-state index >= 15 is 0 Å². The van der Waals surface area contributed by atoms with Crippen LogP contribution in [0.1, 0.15) is 44.9 Å². The number of urea groups is 1. The first-order valence-electron chi connectivity index (χ1n) is 9.25. The van der Waals surface area contributed by atoms with E-state index in [4.69, 9.17) is 4.74 Å². The van der Waals surface area contributed by atoms with E-state index in [-0.39, 0.29) is 17.8 Å². The molecule has 0 radical (unpaired) electrons. The molecule has 1 aromatic rings. The summed E-state index contributed by atoms with van der Waals surface area (Å²) in [5.41, 5.74) is 1.10. The van der Waals surface area contributed by atoms with Crippen LogP contribution in [0.2, 0.25) is 0 Å². The van der Waals surface area contributed by atoms with Gasteiger partial charge in [-0.25, -0.2) is 13.2 Å². The lowest BCUT2D eigenvalue weighted by molar-refractivity contribution is 0.244. The Morgan fingerprint density at radius 2 is 1.92 bits per heavy atom. The van der Waals surface area contributed by atoms with Crippen LogP contribution in [-0.2, 0) is 10.0 Å². The first-order chi connectivity index (χ1) is 12.5. The van der Waals surface area contributed by atoms with Gasteiger partial charge in [0.25, 0.3) is 0 Å². The summed E-state index contributed by atoms with van der Waals surface area (Å²) in [6.07, 6.45) is 7.08. The molecule has 7 nitrogen and oxygen atoms in total. The fourth-order valence-corrected chi connectivity index (χ4v) is 5.27. The molecule has 144 valence electrons. The Labute approximate surface area is 155 Å². The molecule has 0 unspecified atom stereocenters. The van der Waals surface area contributed by atoms with Crippen molar-refractivity contribution in [1.29, 1.82) is 0 Å². The highest BCUT2D eigenvalue weighted by Gasteiger charge is 2.28. The Morgan fingerprint density at radius 1 is 1.15 bits per heavy atom. The van der Waals surface area contributed by atoms with Crippen LogP contribution in [0.4, 0.5) is 16.2 Å². The van der Waals surface area contributed by atoms with Crippen molar-refractivity contribution in [3.8, 4) is 5.75 Å².